The van der Waals surface area contributed by atoms with E-state index in [2.05, 4.69) is 4.29 Å². The van der Waals surface area contributed by atoms with Crippen molar-refractivity contribution in [2.45, 2.75) is 0 Å². The van der Waals surface area contributed by atoms with E-state index in [0.29, 0.717) is 11.3 Å². The zero-order valence-corrected chi connectivity index (χ0v) is 3.66. The third-order valence-corrected chi connectivity index (χ3v) is 0.189. The minimum atomic E-state index is 0. The van der Waals surface area contributed by atoms with Crippen LogP contribution in [0.5, 0.6) is 0 Å². The maximum atomic E-state index is 8.94. The van der Waals surface area contributed by atoms with Crippen molar-refractivity contribution in [3.05, 3.63) is 0 Å². The van der Waals surface area contributed by atoms with Crippen molar-refractivity contribution in [2.75, 3.05) is 7.11 Å². The van der Waals surface area contributed by atoms with E-state index < -0.39 is 0 Å². The van der Waals surface area contributed by atoms with Crippen molar-refractivity contribution in [3.63, 3.8) is 0 Å². The summed E-state index contributed by atoms with van der Waals surface area (Å²) in [6.07, 6.45) is 0. The standard InChI is InChI=1S/CH3ClO2.H3N/c1-4-2-3;/h1H3;1H3. The molecule has 4 heteroatoms. The average Bonchev–Trinajstić information content (AvgIpc) is 1.37. The van der Waals surface area contributed by atoms with Crippen LogP contribution >= 0.6 is 0 Å². The van der Waals surface area contributed by atoms with Crippen molar-refractivity contribution in [1.29, 1.82) is 0 Å². The predicted octanol–water partition coefficient (Wildman–Crippen LogP) is -0.930. The number of hydrogen-bond acceptors (Lipinski definition) is 3. The van der Waals surface area contributed by atoms with Crippen LogP contribution in [-0.2, 0) is 4.29 Å². The monoisotopic (exact) mass is 99.0 g/mol. The summed E-state index contributed by atoms with van der Waals surface area (Å²) in [6, 6.07) is 0. The van der Waals surface area contributed by atoms with Gasteiger partial charge in [0.2, 0.25) is 0 Å². The Kier molecular flexibility index (Phi) is 15.9. The lowest BCUT2D eigenvalue weighted by atomic mass is 11.8. The van der Waals surface area contributed by atoms with E-state index in [4.69, 9.17) is 4.66 Å². The molecule has 0 atom stereocenters. The van der Waals surface area contributed by atoms with Crippen LogP contribution in [0.25, 0.3) is 0 Å². The van der Waals surface area contributed by atoms with Crippen LogP contribution in [0.3, 0.4) is 0 Å². The quantitative estimate of drug-likeness (QED) is 0.462. The Balaban J connectivity index is 0. The highest BCUT2D eigenvalue weighted by atomic mass is 35.6. The third kappa shape index (κ3) is 14.3. The SMILES string of the molecule is CO[Cl+][O-].N. The molecule has 0 unspecified atom stereocenters. The van der Waals surface area contributed by atoms with Gasteiger partial charge in [0.25, 0.3) is 0 Å². The molecular weight excluding hydrogens is 93.5 g/mol. The Morgan fingerprint density at radius 1 is 1.80 bits per heavy atom. The molecule has 0 fully saturated rings. The first kappa shape index (κ1) is 8.95. The van der Waals surface area contributed by atoms with Gasteiger partial charge in [-0.05, 0) is 0 Å². The molecule has 0 aliphatic heterocycles. The zero-order chi connectivity index (χ0) is 3.41. The van der Waals surface area contributed by atoms with Gasteiger partial charge in [0.15, 0.2) is 0 Å². The van der Waals surface area contributed by atoms with Gasteiger partial charge < -0.3 is 10.8 Å². The van der Waals surface area contributed by atoms with Crippen molar-refractivity contribution in [1.82, 2.24) is 6.15 Å². The number of halogens is 1. The second kappa shape index (κ2) is 8.90. The molecule has 0 saturated carbocycles. The summed E-state index contributed by atoms with van der Waals surface area (Å²) in [7, 11) is 1.31. The number of rotatable bonds is 1. The van der Waals surface area contributed by atoms with Crippen LogP contribution in [0, 0.1) is 11.3 Å². The van der Waals surface area contributed by atoms with Gasteiger partial charge >= 0.3 is 11.3 Å². The summed E-state index contributed by atoms with van der Waals surface area (Å²) >= 11 is 0.465. The molecule has 0 saturated heterocycles. The summed E-state index contributed by atoms with van der Waals surface area (Å²) in [5.74, 6) is 0. The molecule has 0 rings (SSSR count). The Morgan fingerprint density at radius 3 is 2.00 bits per heavy atom. The van der Waals surface area contributed by atoms with Gasteiger partial charge in [-0.25, -0.2) is 0 Å². The summed E-state index contributed by atoms with van der Waals surface area (Å²) in [5.41, 5.74) is 0. The van der Waals surface area contributed by atoms with Crippen LogP contribution in [0.2, 0.25) is 0 Å². The molecule has 3 N–H and O–H groups in total. The van der Waals surface area contributed by atoms with Crippen LogP contribution in [0.1, 0.15) is 0 Å². The van der Waals surface area contributed by atoms with Gasteiger partial charge in [-0.1, -0.05) is 0 Å². The Bertz CT molecular complexity index is 11.6. The minimum Gasteiger partial charge on any atom is -0.506 e. The summed E-state index contributed by atoms with van der Waals surface area (Å²) < 4.78 is 12.8. The van der Waals surface area contributed by atoms with Crippen molar-refractivity contribution >= 4 is 0 Å². The summed E-state index contributed by atoms with van der Waals surface area (Å²) in [4.78, 5) is 0. The molecule has 0 aliphatic carbocycles. The van der Waals surface area contributed by atoms with Gasteiger partial charge in [0.05, 0.1) is 0 Å². The maximum Gasteiger partial charge on any atom is 0.330 e. The lowest BCUT2D eigenvalue weighted by Gasteiger charge is -1.63. The molecule has 0 heterocycles. The van der Waals surface area contributed by atoms with E-state index in [1.807, 2.05) is 0 Å². The van der Waals surface area contributed by atoms with Crippen molar-refractivity contribution in [2.24, 2.45) is 0 Å². The van der Waals surface area contributed by atoms with E-state index in [-0.39, 0.29) is 6.15 Å². The molecule has 0 spiro atoms. The summed E-state index contributed by atoms with van der Waals surface area (Å²) in [5, 5.41) is 0. The molecule has 0 aromatic heterocycles. The fourth-order valence-electron chi connectivity index (χ4n) is 0. The topological polar surface area (TPSA) is 67.3 Å². The van der Waals surface area contributed by atoms with Crippen molar-refractivity contribution < 1.29 is 20.3 Å². The smallest absolute Gasteiger partial charge is 0.330 e. The van der Waals surface area contributed by atoms with E-state index in [0.717, 1.165) is 0 Å². The highest BCUT2D eigenvalue weighted by molar-refractivity contribution is 3.29. The zero-order valence-electron chi connectivity index (χ0n) is 2.90. The predicted molar refractivity (Wildman–Crippen MR) is 12.0 cm³/mol. The molecule has 34 valence electrons. The lowest BCUT2D eigenvalue weighted by Crippen LogP contribution is -1.99. The Morgan fingerprint density at radius 2 is 2.00 bits per heavy atom. The van der Waals surface area contributed by atoms with Crippen LogP contribution in [0.4, 0.5) is 0 Å². The molecule has 0 aliphatic rings. The molecule has 0 aromatic rings. The van der Waals surface area contributed by atoms with Gasteiger partial charge in [0, 0.05) is 0 Å². The van der Waals surface area contributed by atoms with E-state index in [9.17, 15) is 0 Å². The maximum absolute atomic E-state index is 8.94. The highest BCUT2D eigenvalue weighted by Crippen LogP contribution is 1.46. The first-order valence-electron chi connectivity index (χ1n) is 0.717. The normalized spacial score (nSPS) is 6.00. The average molecular weight is 99.5 g/mol. The second-order valence-electron chi connectivity index (χ2n) is 0.217. The van der Waals surface area contributed by atoms with Gasteiger partial charge in [0.1, 0.15) is 7.11 Å². The fraction of sp³-hybridized carbons (Fsp3) is 1.00. The largest absolute Gasteiger partial charge is 0.506 e. The van der Waals surface area contributed by atoms with Gasteiger partial charge in [-0.3, -0.25) is 0 Å². The lowest BCUT2D eigenvalue weighted by molar-refractivity contribution is -1.27. The fourth-order valence-corrected chi connectivity index (χ4v) is 0. The molecule has 0 amide bonds. The molecule has 3 nitrogen and oxygen atoms in total. The Hall–Kier alpha value is 0.170. The highest BCUT2D eigenvalue weighted by Gasteiger charge is 1.67. The molecule has 0 aromatic carbocycles. The molecule has 0 radical (unpaired) electrons. The summed E-state index contributed by atoms with van der Waals surface area (Å²) in [6.45, 7) is 0. The number of hydrogen-bond donors (Lipinski definition) is 1. The third-order valence-electron chi connectivity index (χ3n) is 0.0630. The van der Waals surface area contributed by atoms with Gasteiger partial charge in [-0.15, -0.1) is 4.29 Å². The molecular formula is CH6ClNO2. The van der Waals surface area contributed by atoms with E-state index in [1.54, 1.807) is 0 Å². The molecule has 5 heavy (non-hydrogen) atoms. The van der Waals surface area contributed by atoms with Gasteiger partial charge in [-0.2, -0.15) is 0 Å². The van der Waals surface area contributed by atoms with E-state index >= 15 is 0 Å². The van der Waals surface area contributed by atoms with Crippen LogP contribution < -0.4 is 10.8 Å². The van der Waals surface area contributed by atoms with E-state index in [1.165, 1.54) is 7.11 Å². The minimum absolute atomic E-state index is 0. The second-order valence-corrected chi connectivity index (χ2v) is 0.652. The van der Waals surface area contributed by atoms with Crippen LogP contribution in [-0.4, -0.2) is 7.11 Å². The first-order valence-corrected chi connectivity index (χ1v) is 1.33. The molecule has 0 bridgehead atoms. The first-order chi connectivity index (χ1) is 1.91. The van der Waals surface area contributed by atoms with Crippen LogP contribution in [0.15, 0.2) is 0 Å². The Labute approximate surface area is 34.6 Å². The van der Waals surface area contributed by atoms with Crippen molar-refractivity contribution in [3.8, 4) is 0 Å².